The fourth-order valence-corrected chi connectivity index (χ4v) is 3.10. The van der Waals surface area contributed by atoms with Crippen molar-refractivity contribution in [3.8, 4) is 0 Å². The molecule has 2 aliphatic heterocycles. The van der Waals surface area contributed by atoms with E-state index in [1.807, 2.05) is 30.0 Å². The zero-order valence-electron chi connectivity index (χ0n) is 10.4. The molecule has 2 atom stereocenters. The SMILES string of the molecule is Cc1cc(C(=O)N2C[C@H]3CNC[C@H]3C2)ccc1Cl. The molecule has 1 N–H and O–H groups in total. The van der Waals surface area contributed by atoms with E-state index in [9.17, 15) is 4.79 Å². The zero-order valence-corrected chi connectivity index (χ0v) is 11.2. The molecular formula is C14H17ClN2O. The van der Waals surface area contributed by atoms with Crippen LogP contribution in [0.3, 0.4) is 0 Å². The van der Waals surface area contributed by atoms with Gasteiger partial charge in [-0.2, -0.15) is 0 Å². The summed E-state index contributed by atoms with van der Waals surface area (Å²) in [4.78, 5) is 14.4. The Morgan fingerprint density at radius 3 is 2.61 bits per heavy atom. The molecule has 96 valence electrons. The molecule has 1 aromatic carbocycles. The summed E-state index contributed by atoms with van der Waals surface area (Å²) in [7, 11) is 0. The first-order valence-corrected chi connectivity index (χ1v) is 6.79. The molecule has 0 spiro atoms. The lowest BCUT2D eigenvalue weighted by atomic mass is 10.0. The van der Waals surface area contributed by atoms with Gasteiger partial charge in [-0.3, -0.25) is 4.79 Å². The molecule has 18 heavy (non-hydrogen) atoms. The van der Waals surface area contributed by atoms with Gasteiger partial charge in [-0.15, -0.1) is 0 Å². The van der Waals surface area contributed by atoms with E-state index in [-0.39, 0.29) is 5.91 Å². The highest BCUT2D eigenvalue weighted by molar-refractivity contribution is 6.31. The predicted octanol–water partition coefficient (Wildman–Crippen LogP) is 1.94. The van der Waals surface area contributed by atoms with Crippen molar-refractivity contribution in [3.63, 3.8) is 0 Å². The van der Waals surface area contributed by atoms with Crippen LogP contribution in [0.2, 0.25) is 5.02 Å². The number of halogens is 1. The number of carbonyl (C=O) groups excluding carboxylic acids is 1. The molecule has 1 aromatic rings. The van der Waals surface area contributed by atoms with Crippen molar-refractivity contribution >= 4 is 17.5 Å². The van der Waals surface area contributed by atoms with Crippen molar-refractivity contribution in [3.05, 3.63) is 34.3 Å². The van der Waals surface area contributed by atoms with Crippen LogP contribution in [-0.4, -0.2) is 37.0 Å². The molecule has 0 aromatic heterocycles. The summed E-state index contributed by atoms with van der Waals surface area (Å²) >= 11 is 5.99. The van der Waals surface area contributed by atoms with Crippen LogP contribution in [-0.2, 0) is 0 Å². The van der Waals surface area contributed by atoms with Gasteiger partial charge < -0.3 is 10.2 Å². The molecule has 2 saturated heterocycles. The van der Waals surface area contributed by atoms with Crippen LogP contribution in [0.1, 0.15) is 15.9 Å². The summed E-state index contributed by atoms with van der Waals surface area (Å²) in [5.74, 6) is 1.42. The number of likely N-dealkylation sites (tertiary alicyclic amines) is 1. The monoisotopic (exact) mass is 264 g/mol. The van der Waals surface area contributed by atoms with Crippen molar-refractivity contribution in [2.24, 2.45) is 11.8 Å². The summed E-state index contributed by atoms with van der Waals surface area (Å²) < 4.78 is 0. The van der Waals surface area contributed by atoms with Gasteiger partial charge in [-0.05, 0) is 42.5 Å². The van der Waals surface area contributed by atoms with Gasteiger partial charge in [0.2, 0.25) is 0 Å². The number of benzene rings is 1. The Kier molecular flexibility index (Phi) is 3.04. The number of nitrogens with one attached hydrogen (secondary N) is 1. The minimum absolute atomic E-state index is 0.143. The van der Waals surface area contributed by atoms with E-state index in [4.69, 9.17) is 11.6 Å². The second-order valence-electron chi connectivity index (χ2n) is 5.35. The molecule has 0 saturated carbocycles. The summed E-state index contributed by atoms with van der Waals surface area (Å²) in [6.45, 7) is 5.81. The molecule has 4 heteroatoms. The zero-order chi connectivity index (χ0) is 12.7. The van der Waals surface area contributed by atoms with Crippen LogP contribution in [0.5, 0.6) is 0 Å². The smallest absolute Gasteiger partial charge is 0.253 e. The van der Waals surface area contributed by atoms with E-state index in [1.165, 1.54) is 0 Å². The van der Waals surface area contributed by atoms with E-state index in [0.29, 0.717) is 16.9 Å². The average molecular weight is 265 g/mol. The van der Waals surface area contributed by atoms with Crippen molar-refractivity contribution in [1.82, 2.24) is 10.2 Å². The van der Waals surface area contributed by atoms with Gasteiger partial charge in [0.25, 0.3) is 5.91 Å². The van der Waals surface area contributed by atoms with E-state index in [0.717, 1.165) is 37.3 Å². The molecule has 0 unspecified atom stereocenters. The third-order valence-electron chi connectivity index (χ3n) is 4.08. The van der Waals surface area contributed by atoms with Crippen LogP contribution in [0.15, 0.2) is 18.2 Å². The van der Waals surface area contributed by atoms with Crippen LogP contribution in [0.4, 0.5) is 0 Å². The molecule has 2 aliphatic rings. The summed E-state index contributed by atoms with van der Waals surface area (Å²) in [5, 5.41) is 4.10. The highest BCUT2D eigenvalue weighted by atomic mass is 35.5. The number of fused-ring (bicyclic) bond motifs is 1. The van der Waals surface area contributed by atoms with Gasteiger partial charge in [0.15, 0.2) is 0 Å². The maximum absolute atomic E-state index is 12.4. The Labute approximate surface area is 112 Å². The van der Waals surface area contributed by atoms with Gasteiger partial charge in [0.05, 0.1) is 0 Å². The number of hydrogen-bond acceptors (Lipinski definition) is 2. The van der Waals surface area contributed by atoms with E-state index in [1.54, 1.807) is 0 Å². The number of aryl methyl sites for hydroxylation is 1. The summed E-state index contributed by atoms with van der Waals surface area (Å²) in [6.07, 6.45) is 0. The minimum atomic E-state index is 0.143. The lowest BCUT2D eigenvalue weighted by Crippen LogP contribution is -2.31. The fourth-order valence-electron chi connectivity index (χ4n) is 2.98. The molecule has 0 bridgehead atoms. The highest BCUT2D eigenvalue weighted by Gasteiger charge is 2.38. The number of carbonyl (C=O) groups is 1. The van der Waals surface area contributed by atoms with Crippen molar-refractivity contribution in [2.45, 2.75) is 6.92 Å². The number of amides is 1. The predicted molar refractivity (Wildman–Crippen MR) is 71.9 cm³/mol. The first-order valence-electron chi connectivity index (χ1n) is 6.41. The van der Waals surface area contributed by atoms with Crippen LogP contribution >= 0.6 is 11.6 Å². The van der Waals surface area contributed by atoms with Gasteiger partial charge >= 0.3 is 0 Å². The third-order valence-corrected chi connectivity index (χ3v) is 4.51. The standard InChI is InChI=1S/C14H17ClN2O/c1-9-4-10(2-3-13(9)15)14(18)17-7-11-5-16-6-12(11)8-17/h2-4,11-12,16H,5-8H2,1H3/t11-,12+. The van der Waals surface area contributed by atoms with Gasteiger partial charge in [-0.1, -0.05) is 11.6 Å². The Morgan fingerprint density at radius 1 is 1.33 bits per heavy atom. The molecule has 3 rings (SSSR count). The summed E-state index contributed by atoms with van der Waals surface area (Å²) in [6, 6.07) is 5.52. The quantitative estimate of drug-likeness (QED) is 0.841. The first-order chi connectivity index (χ1) is 8.65. The lowest BCUT2D eigenvalue weighted by Gasteiger charge is -2.18. The topological polar surface area (TPSA) is 32.3 Å². The minimum Gasteiger partial charge on any atom is -0.338 e. The fraction of sp³-hybridized carbons (Fsp3) is 0.500. The number of nitrogens with zero attached hydrogens (tertiary/aromatic N) is 1. The average Bonchev–Trinajstić information content (AvgIpc) is 2.92. The van der Waals surface area contributed by atoms with E-state index < -0.39 is 0 Å². The normalized spacial score (nSPS) is 26.4. The number of hydrogen-bond donors (Lipinski definition) is 1. The maximum Gasteiger partial charge on any atom is 0.253 e. The second-order valence-corrected chi connectivity index (χ2v) is 5.76. The third kappa shape index (κ3) is 2.02. The van der Waals surface area contributed by atoms with Crippen molar-refractivity contribution < 1.29 is 4.79 Å². The van der Waals surface area contributed by atoms with Crippen molar-refractivity contribution in [1.29, 1.82) is 0 Å². The van der Waals surface area contributed by atoms with E-state index in [2.05, 4.69) is 5.32 Å². The molecule has 0 radical (unpaired) electrons. The number of rotatable bonds is 1. The lowest BCUT2D eigenvalue weighted by molar-refractivity contribution is 0.0781. The largest absolute Gasteiger partial charge is 0.338 e. The maximum atomic E-state index is 12.4. The molecule has 3 nitrogen and oxygen atoms in total. The van der Waals surface area contributed by atoms with Crippen LogP contribution < -0.4 is 5.32 Å². The van der Waals surface area contributed by atoms with Crippen molar-refractivity contribution in [2.75, 3.05) is 26.2 Å². The first kappa shape index (κ1) is 12.0. The molecule has 2 fully saturated rings. The summed E-state index contributed by atoms with van der Waals surface area (Å²) in [5.41, 5.74) is 1.72. The molecular weight excluding hydrogens is 248 g/mol. The van der Waals surface area contributed by atoms with E-state index >= 15 is 0 Å². The molecule has 0 aliphatic carbocycles. The Balaban J connectivity index is 1.77. The molecule has 2 heterocycles. The van der Waals surface area contributed by atoms with Crippen LogP contribution in [0.25, 0.3) is 0 Å². The highest BCUT2D eigenvalue weighted by Crippen LogP contribution is 2.28. The van der Waals surface area contributed by atoms with Gasteiger partial charge in [0.1, 0.15) is 0 Å². The Bertz CT molecular complexity index is 477. The Morgan fingerprint density at radius 2 is 2.00 bits per heavy atom. The van der Waals surface area contributed by atoms with Gasteiger partial charge in [-0.25, -0.2) is 0 Å². The van der Waals surface area contributed by atoms with Gasteiger partial charge in [0, 0.05) is 36.8 Å². The second kappa shape index (κ2) is 4.56. The van der Waals surface area contributed by atoms with Crippen LogP contribution in [0, 0.1) is 18.8 Å². The Hall–Kier alpha value is -1.06. The molecule has 1 amide bonds.